The van der Waals surface area contributed by atoms with Gasteiger partial charge in [0.25, 0.3) is 0 Å². The summed E-state index contributed by atoms with van der Waals surface area (Å²) in [5, 5.41) is 0. The lowest BCUT2D eigenvalue weighted by atomic mass is 10.1. The van der Waals surface area contributed by atoms with Crippen molar-refractivity contribution in [2.75, 3.05) is 26.4 Å². The van der Waals surface area contributed by atoms with Crippen LogP contribution in [0.1, 0.15) is 48.3 Å². The van der Waals surface area contributed by atoms with Crippen molar-refractivity contribution in [3.05, 3.63) is 54.1 Å². The molecule has 0 spiro atoms. The molecule has 7 heteroatoms. The van der Waals surface area contributed by atoms with Crippen molar-refractivity contribution in [2.45, 2.75) is 32.2 Å². The van der Waals surface area contributed by atoms with Gasteiger partial charge in [-0.2, -0.15) is 0 Å². The number of likely N-dealkylation sites (tertiary alicyclic amines) is 1. The maximum Gasteiger partial charge on any atom is 0.357 e. The SMILES string of the molecule is C[C@H](c1ccccc1)n1cncc1C(=O)OCC(=O)OCN1CCCCC1. The van der Waals surface area contributed by atoms with E-state index in [2.05, 4.69) is 9.88 Å². The van der Waals surface area contributed by atoms with Crippen molar-refractivity contribution in [2.24, 2.45) is 0 Å². The molecule has 0 amide bonds. The lowest BCUT2D eigenvalue weighted by molar-refractivity contribution is -0.152. The predicted molar refractivity (Wildman–Crippen MR) is 99.1 cm³/mol. The first-order valence-electron chi connectivity index (χ1n) is 9.27. The smallest absolute Gasteiger partial charge is 0.357 e. The molecule has 7 nitrogen and oxygen atoms in total. The summed E-state index contributed by atoms with van der Waals surface area (Å²) in [7, 11) is 0. The van der Waals surface area contributed by atoms with Crippen molar-refractivity contribution >= 4 is 11.9 Å². The normalized spacial score (nSPS) is 15.9. The number of esters is 2. The highest BCUT2D eigenvalue weighted by molar-refractivity contribution is 5.89. The molecule has 0 N–H and O–H groups in total. The van der Waals surface area contributed by atoms with Crippen LogP contribution in [0.2, 0.25) is 0 Å². The molecule has 3 rings (SSSR count). The van der Waals surface area contributed by atoms with Gasteiger partial charge in [0, 0.05) is 13.1 Å². The molecule has 1 aliphatic heterocycles. The number of carbonyl (C=O) groups excluding carboxylic acids is 2. The molecule has 0 saturated carbocycles. The van der Waals surface area contributed by atoms with E-state index in [-0.39, 0.29) is 12.8 Å². The number of aromatic nitrogens is 2. The van der Waals surface area contributed by atoms with E-state index < -0.39 is 18.5 Å². The highest BCUT2D eigenvalue weighted by atomic mass is 16.6. The Kier molecular flexibility index (Phi) is 6.59. The Balaban J connectivity index is 1.51. The third-order valence-electron chi connectivity index (χ3n) is 4.75. The number of hydrogen-bond acceptors (Lipinski definition) is 6. The van der Waals surface area contributed by atoms with Gasteiger partial charge in [0.15, 0.2) is 6.61 Å². The summed E-state index contributed by atoms with van der Waals surface area (Å²) in [5.41, 5.74) is 1.35. The Hall–Kier alpha value is -2.67. The molecule has 1 aliphatic rings. The number of nitrogens with zero attached hydrogens (tertiary/aromatic N) is 3. The lowest BCUT2D eigenvalue weighted by Gasteiger charge is -2.25. The number of carbonyl (C=O) groups is 2. The minimum Gasteiger partial charge on any atom is -0.449 e. The van der Waals surface area contributed by atoms with E-state index >= 15 is 0 Å². The van der Waals surface area contributed by atoms with Gasteiger partial charge >= 0.3 is 11.9 Å². The zero-order valence-corrected chi connectivity index (χ0v) is 15.5. The molecule has 0 bridgehead atoms. The minimum absolute atomic E-state index is 0.0812. The van der Waals surface area contributed by atoms with Gasteiger partial charge in [-0.1, -0.05) is 36.8 Å². The highest BCUT2D eigenvalue weighted by Gasteiger charge is 2.20. The lowest BCUT2D eigenvalue weighted by Crippen LogP contribution is -2.33. The summed E-state index contributed by atoms with van der Waals surface area (Å²) in [6.45, 7) is 3.69. The topological polar surface area (TPSA) is 73.7 Å². The van der Waals surface area contributed by atoms with Crippen LogP contribution in [0, 0.1) is 0 Å². The molecule has 2 aromatic rings. The van der Waals surface area contributed by atoms with E-state index in [9.17, 15) is 9.59 Å². The Morgan fingerprint density at radius 3 is 2.59 bits per heavy atom. The first-order chi connectivity index (χ1) is 13.1. The number of benzene rings is 1. The number of piperidine rings is 1. The zero-order chi connectivity index (χ0) is 19.1. The second-order valence-corrected chi connectivity index (χ2v) is 6.67. The van der Waals surface area contributed by atoms with Crippen LogP contribution in [-0.2, 0) is 14.3 Å². The molecule has 144 valence electrons. The molecule has 1 saturated heterocycles. The number of ether oxygens (including phenoxy) is 2. The van der Waals surface area contributed by atoms with E-state index in [0.29, 0.717) is 5.69 Å². The summed E-state index contributed by atoms with van der Waals surface area (Å²) in [6.07, 6.45) is 6.49. The van der Waals surface area contributed by atoms with Crippen molar-refractivity contribution in [1.29, 1.82) is 0 Å². The second kappa shape index (κ2) is 9.32. The Bertz CT molecular complexity index is 754. The molecule has 0 unspecified atom stereocenters. The van der Waals surface area contributed by atoms with E-state index in [1.54, 1.807) is 10.9 Å². The molecular weight excluding hydrogens is 346 g/mol. The fourth-order valence-electron chi connectivity index (χ4n) is 3.16. The molecular formula is C20H25N3O4. The molecule has 1 aromatic heterocycles. The Morgan fingerprint density at radius 2 is 1.85 bits per heavy atom. The average molecular weight is 371 g/mol. The molecule has 27 heavy (non-hydrogen) atoms. The van der Waals surface area contributed by atoms with Gasteiger partial charge in [0.2, 0.25) is 0 Å². The summed E-state index contributed by atoms with van der Waals surface area (Å²) in [4.78, 5) is 30.4. The van der Waals surface area contributed by atoms with Crippen LogP contribution < -0.4 is 0 Å². The quantitative estimate of drug-likeness (QED) is 0.697. The summed E-state index contributed by atoms with van der Waals surface area (Å²) < 4.78 is 12.0. The van der Waals surface area contributed by atoms with Gasteiger partial charge in [-0.25, -0.2) is 14.6 Å². The fraction of sp³-hybridized carbons (Fsp3) is 0.450. The van der Waals surface area contributed by atoms with Crippen LogP contribution in [0.5, 0.6) is 0 Å². The summed E-state index contributed by atoms with van der Waals surface area (Å²) in [6, 6.07) is 9.71. The van der Waals surface area contributed by atoms with Crippen molar-refractivity contribution in [3.8, 4) is 0 Å². The van der Waals surface area contributed by atoms with Crippen LogP contribution in [0.15, 0.2) is 42.9 Å². The van der Waals surface area contributed by atoms with E-state index in [1.165, 1.54) is 12.6 Å². The van der Waals surface area contributed by atoms with Crippen LogP contribution >= 0.6 is 0 Å². The van der Waals surface area contributed by atoms with Gasteiger partial charge < -0.3 is 14.0 Å². The fourth-order valence-corrected chi connectivity index (χ4v) is 3.16. The van der Waals surface area contributed by atoms with Gasteiger partial charge in [0.05, 0.1) is 18.6 Å². The van der Waals surface area contributed by atoms with Gasteiger partial charge in [0.1, 0.15) is 12.4 Å². The average Bonchev–Trinajstić information content (AvgIpc) is 3.21. The molecule has 0 radical (unpaired) electrons. The summed E-state index contributed by atoms with van der Waals surface area (Å²) in [5.74, 6) is -1.14. The summed E-state index contributed by atoms with van der Waals surface area (Å²) >= 11 is 0. The molecule has 2 heterocycles. The highest BCUT2D eigenvalue weighted by Crippen LogP contribution is 2.19. The molecule has 1 aromatic carbocycles. The predicted octanol–water partition coefficient (Wildman–Crippen LogP) is 2.64. The molecule has 1 atom stereocenters. The Morgan fingerprint density at radius 1 is 1.11 bits per heavy atom. The third kappa shape index (κ3) is 5.17. The van der Waals surface area contributed by atoms with Crippen LogP contribution in [-0.4, -0.2) is 52.8 Å². The zero-order valence-electron chi connectivity index (χ0n) is 15.5. The van der Waals surface area contributed by atoms with Gasteiger partial charge in [-0.15, -0.1) is 0 Å². The maximum atomic E-state index is 12.4. The first-order valence-corrected chi connectivity index (χ1v) is 9.27. The van der Waals surface area contributed by atoms with Crippen LogP contribution in [0.3, 0.4) is 0 Å². The third-order valence-corrected chi connectivity index (χ3v) is 4.75. The maximum absolute atomic E-state index is 12.4. The first kappa shape index (κ1) is 19.1. The van der Waals surface area contributed by atoms with E-state index in [1.807, 2.05) is 37.3 Å². The molecule has 0 aliphatic carbocycles. The van der Waals surface area contributed by atoms with Crippen LogP contribution in [0.25, 0.3) is 0 Å². The number of rotatable bonds is 7. The second-order valence-electron chi connectivity index (χ2n) is 6.67. The molecule has 1 fully saturated rings. The number of hydrogen-bond donors (Lipinski definition) is 0. The van der Waals surface area contributed by atoms with E-state index in [0.717, 1.165) is 31.5 Å². The monoisotopic (exact) mass is 371 g/mol. The van der Waals surface area contributed by atoms with Crippen molar-refractivity contribution < 1.29 is 19.1 Å². The van der Waals surface area contributed by atoms with Crippen LogP contribution in [0.4, 0.5) is 0 Å². The Labute approximate surface area is 158 Å². The van der Waals surface area contributed by atoms with Gasteiger partial charge in [-0.3, -0.25) is 4.90 Å². The van der Waals surface area contributed by atoms with E-state index in [4.69, 9.17) is 9.47 Å². The standard InChI is InChI=1S/C20H25N3O4/c1-16(17-8-4-2-5-9-17)23-14-21-12-18(23)20(25)26-13-19(24)27-15-22-10-6-3-7-11-22/h2,4-5,8-9,12,14,16H,3,6-7,10-11,13,15H2,1H3/t16-/m1/s1. The largest absolute Gasteiger partial charge is 0.449 e. The van der Waals surface area contributed by atoms with Crippen molar-refractivity contribution in [1.82, 2.24) is 14.5 Å². The van der Waals surface area contributed by atoms with Crippen molar-refractivity contribution in [3.63, 3.8) is 0 Å². The number of imidazole rings is 1. The minimum atomic E-state index is -0.592. The van der Waals surface area contributed by atoms with Gasteiger partial charge in [-0.05, 0) is 25.3 Å².